The largest absolute Gasteiger partial charge is 0.388 e. The smallest absolute Gasteiger partial charge is 0.0916 e. The maximum absolute atomic E-state index is 7.21. The SMILES string of the molecule is Cc1cccc(CSC(C)CC(=N)N)c1. The zero-order valence-electron chi connectivity index (χ0n) is 9.29. The van der Waals surface area contributed by atoms with Crippen LogP contribution in [0.5, 0.6) is 0 Å². The maximum atomic E-state index is 7.21. The van der Waals surface area contributed by atoms with Gasteiger partial charge >= 0.3 is 0 Å². The lowest BCUT2D eigenvalue weighted by Gasteiger charge is -2.10. The molecule has 0 saturated heterocycles. The van der Waals surface area contributed by atoms with E-state index in [1.165, 1.54) is 11.1 Å². The second-order valence-corrected chi connectivity index (χ2v) is 5.27. The Morgan fingerprint density at radius 1 is 1.53 bits per heavy atom. The minimum absolute atomic E-state index is 0.277. The molecule has 1 atom stereocenters. The van der Waals surface area contributed by atoms with Crippen molar-refractivity contribution in [3.05, 3.63) is 35.4 Å². The summed E-state index contributed by atoms with van der Waals surface area (Å²) < 4.78 is 0. The first-order valence-corrected chi connectivity index (χ1v) is 6.13. The summed E-state index contributed by atoms with van der Waals surface area (Å²) in [5.41, 5.74) is 8.00. The first kappa shape index (κ1) is 12.1. The molecular weight excluding hydrogens is 204 g/mol. The third-order valence-corrected chi connectivity index (χ3v) is 3.36. The summed E-state index contributed by atoms with van der Waals surface area (Å²) in [5, 5.41) is 7.63. The van der Waals surface area contributed by atoms with E-state index in [-0.39, 0.29) is 5.84 Å². The Morgan fingerprint density at radius 2 is 2.27 bits per heavy atom. The third-order valence-electron chi connectivity index (χ3n) is 2.12. The molecule has 1 unspecified atom stereocenters. The van der Waals surface area contributed by atoms with Crippen LogP contribution in [0.3, 0.4) is 0 Å². The van der Waals surface area contributed by atoms with Crippen LogP contribution in [0.25, 0.3) is 0 Å². The van der Waals surface area contributed by atoms with E-state index < -0.39 is 0 Å². The molecule has 0 bridgehead atoms. The summed E-state index contributed by atoms with van der Waals surface area (Å²) in [5.74, 6) is 1.27. The van der Waals surface area contributed by atoms with Gasteiger partial charge in [0.05, 0.1) is 5.84 Å². The predicted octanol–water partition coefficient (Wildman–Crippen LogP) is 2.94. The van der Waals surface area contributed by atoms with E-state index in [0.717, 1.165) is 5.75 Å². The van der Waals surface area contributed by atoms with Crippen molar-refractivity contribution in [3.8, 4) is 0 Å². The van der Waals surface area contributed by atoms with Crippen LogP contribution < -0.4 is 5.73 Å². The second-order valence-electron chi connectivity index (χ2n) is 3.84. The molecular formula is C12H18N2S. The average molecular weight is 222 g/mol. The molecule has 0 radical (unpaired) electrons. The van der Waals surface area contributed by atoms with Crippen molar-refractivity contribution in [1.29, 1.82) is 5.41 Å². The zero-order chi connectivity index (χ0) is 11.3. The van der Waals surface area contributed by atoms with Gasteiger partial charge in [0.15, 0.2) is 0 Å². The Bertz CT molecular complexity index is 336. The van der Waals surface area contributed by atoms with Crippen LogP contribution in [0.4, 0.5) is 0 Å². The number of hydrogen-bond acceptors (Lipinski definition) is 2. The summed E-state index contributed by atoms with van der Waals surface area (Å²) in [6.07, 6.45) is 0.677. The highest BCUT2D eigenvalue weighted by molar-refractivity contribution is 7.99. The van der Waals surface area contributed by atoms with E-state index in [9.17, 15) is 0 Å². The molecule has 0 saturated carbocycles. The van der Waals surface area contributed by atoms with Crippen molar-refractivity contribution in [2.75, 3.05) is 0 Å². The van der Waals surface area contributed by atoms with Gasteiger partial charge in [0.1, 0.15) is 0 Å². The Balaban J connectivity index is 2.40. The Kier molecular flexibility index (Phi) is 4.69. The summed E-state index contributed by atoms with van der Waals surface area (Å²) in [6, 6.07) is 8.53. The van der Waals surface area contributed by atoms with Gasteiger partial charge in [-0.2, -0.15) is 11.8 Å². The number of amidine groups is 1. The molecule has 2 nitrogen and oxygen atoms in total. The molecule has 0 spiro atoms. The molecule has 0 fully saturated rings. The van der Waals surface area contributed by atoms with Crippen LogP contribution in [0.1, 0.15) is 24.5 Å². The van der Waals surface area contributed by atoms with E-state index in [4.69, 9.17) is 11.1 Å². The molecule has 82 valence electrons. The molecule has 1 aromatic rings. The Morgan fingerprint density at radius 3 is 2.87 bits per heavy atom. The number of nitrogens with two attached hydrogens (primary N) is 1. The van der Waals surface area contributed by atoms with Crippen LogP contribution in [0.2, 0.25) is 0 Å². The second kappa shape index (κ2) is 5.81. The number of nitrogens with one attached hydrogen (secondary N) is 1. The van der Waals surface area contributed by atoms with E-state index in [0.29, 0.717) is 11.7 Å². The maximum Gasteiger partial charge on any atom is 0.0916 e. The quantitative estimate of drug-likeness (QED) is 0.594. The highest BCUT2D eigenvalue weighted by atomic mass is 32.2. The molecule has 0 heterocycles. The summed E-state index contributed by atoms with van der Waals surface area (Å²) >= 11 is 1.85. The highest BCUT2D eigenvalue weighted by Gasteiger charge is 2.04. The highest BCUT2D eigenvalue weighted by Crippen LogP contribution is 2.20. The van der Waals surface area contributed by atoms with Crippen LogP contribution in [0.15, 0.2) is 24.3 Å². The molecule has 3 N–H and O–H groups in total. The van der Waals surface area contributed by atoms with Gasteiger partial charge in [-0.1, -0.05) is 36.8 Å². The van der Waals surface area contributed by atoms with Crippen molar-refractivity contribution < 1.29 is 0 Å². The Labute approximate surface area is 95.8 Å². The molecule has 1 aromatic carbocycles. The minimum atomic E-state index is 0.277. The molecule has 0 aliphatic heterocycles. The molecule has 3 heteroatoms. The van der Waals surface area contributed by atoms with Crippen LogP contribution in [0, 0.1) is 12.3 Å². The summed E-state index contributed by atoms with van der Waals surface area (Å²) in [7, 11) is 0. The minimum Gasteiger partial charge on any atom is -0.388 e. The summed E-state index contributed by atoms with van der Waals surface area (Å²) in [6.45, 7) is 4.22. The monoisotopic (exact) mass is 222 g/mol. The molecule has 0 amide bonds. The number of thioether (sulfide) groups is 1. The van der Waals surface area contributed by atoms with E-state index >= 15 is 0 Å². The zero-order valence-corrected chi connectivity index (χ0v) is 10.1. The number of hydrogen-bond donors (Lipinski definition) is 2. The molecule has 1 rings (SSSR count). The van der Waals surface area contributed by atoms with Crippen LogP contribution in [-0.4, -0.2) is 11.1 Å². The van der Waals surface area contributed by atoms with Crippen molar-refractivity contribution in [2.24, 2.45) is 5.73 Å². The van der Waals surface area contributed by atoms with Crippen molar-refractivity contribution in [2.45, 2.75) is 31.3 Å². The normalized spacial score (nSPS) is 12.4. The number of benzene rings is 1. The number of rotatable bonds is 5. The predicted molar refractivity (Wildman–Crippen MR) is 68.5 cm³/mol. The Hall–Kier alpha value is -0.960. The fraction of sp³-hybridized carbons (Fsp3) is 0.417. The van der Waals surface area contributed by atoms with Crippen LogP contribution >= 0.6 is 11.8 Å². The fourth-order valence-electron chi connectivity index (χ4n) is 1.41. The number of aryl methyl sites for hydroxylation is 1. The van der Waals surface area contributed by atoms with Gasteiger partial charge in [0, 0.05) is 17.4 Å². The van der Waals surface area contributed by atoms with Gasteiger partial charge < -0.3 is 5.73 Å². The fourth-order valence-corrected chi connectivity index (χ4v) is 2.36. The van der Waals surface area contributed by atoms with Crippen LogP contribution in [-0.2, 0) is 5.75 Å². The lowest BCUT2D eigenvalue weighted by molar-refractivity contribution is 0.995. The van der Waals surface area contributed by atoms with E-state index in [1.54, 1.807) is 0 Å². The third kappa shape index (κ3) is 4.88. The first-order chi connectivity index (χ1) is 7.08. The van der Waals surface area contributed by atoms with Gasteiger partial charge in [-0.25, -0.2) is 0 Å². The van der Waals surface area contributed by atoms with Crippen molar-refractivity contribution in [1.82, 2.24) is 0 Å². The van der Waals surface area contributed by atoms with Crippen molar-refractivity contribution in [3.63, 3.8) is 0 Å². The summed E-state index contributed by atoms with van der Waals surface area (Å²) in [4.78, 5) is 0. The van der Waals surface area contributed by atoms with Gasteiger partial charge in [-0.3, -0.25) is 5.41 Å². The lowest BCUT2D eigenvalue weighted by Crippen LogP contribution is -2.15. The molecule has 15 heavy (non-hydrogen) atoms. The van der Waals surface area contributed by atoms with E-state index in [1.807, 2.05) is 11.8 Å². The first-order valence-electron chi connectivity index (χ1n) is 5.08. The lowest BCUT2D eigenvalue weighted by atomic mass is 10.2. The van der Waals surface area contributed by atoms with Gasteiger partial charge in [0.25, 0.3) is 0 Å². The molecule has 0 aromatic heterocycles. The van der Waals surface area contributed by atoms with Gasteiger partial charge in [0.2, 0.25) is 0 Å². The standard InChI is InChI=1S/C12H18N2S/c1-9-4-3-5-11(6-9)8-15-10(2)7-12(13)14/h3-6,10H,7-8H2,1-2H3,(H3,13,14). The average Bonchev–Trinajstić information content (AvgIpc) is 2.14. The van der Waals surface area contributed by atoms with Crippen molar-refractivity contribution >= 4 is 17.6 Å². The topological polar surface area (TPSA) is 49.9 Å². The molecule has 0 aliphatic carbocycles. The van der Waals surface area contributed by atoms with Gasteiger partial charge in [-0.15, -0.1) is 0 Å². The molecule has 0 aliphatic rings. The van der Waals surface area contributed by atoms with Gasteiger partial charge in [-0.05, 0) is 12.5 Å². The van der Waals surface area contributed by atoms with E-state index in [2.05, 4.69) is 38.1 Å².